The Bertz CT molecular complexity index is 1100. The van der Waals surface area contributed by atoms with Gasteiger partial charge in [-0.1, -0.05) is 46.7 Å². The van der Waals surface area contributed by atoms with Gasteiger partial charge in [0.25, 0.3) is 5.91 Å². The molecule has 0 spiro atoms. The Morgan fingerprint density at radius 1 is 1.07 bits per heavy atom. The van der Waals surface area contributed by atoms with Crippen LogP contribution in [0.1, 0.15) is 21.5 Å². The van der Waals surface area contributed by atoms with E-state index >= 15 is 0 Å². The Morgan fingerprint density at radius 2 is 1.79 bits per heavy atom. The van der Waals surface area contributed by atoms with Crippen molar-refractivity contribution >= 4 is 16.1 Å². The molecule has 3 aromatic carbocycles. The zero-order chi connectivity index (χ0) is 20.1. The topological polar surface area (TPSA) is 90.2 Å². The summed E-state index contributed by atoms with van der Waals surface area (Å²) in [5.41, 5.74) is 3.32. The van der Waals surface area contributed by atoms with Crippen LogP contribution in [0, 0.1) is 11.3 Å². The Balaban J connectivity index is 1.84. The van der Waals surface area contributed by atoms with E-state index < -0.39 is 10.2 Å². The van der Waals surface area contributed by atoms with Gasteiger partial charge in [-0.05, 0) is 41.0 Å². The molecule has 2 N–H and O–H groups in total. The van der Waals surface area contributed by atoms with Crippen molar-refractivity contribution in [1.29, 1.82) is 5.26 Å². The molecule has 140 valence electrons. The second kappa shape index (κ2) is 8.17. The molecule has 0 bridgehead atoms. The minimum Gasteiger partial charge on any atom is -0.348 e. The van der Waals surface area contributed by atoms with E-state index in [0.717, 1.165) is 5.56 Å². The van der Waals surface area contributed by atoms with E-state index in [4.69, 9.17) is 5.26 Å². The summed E-state index contributed by atoms with van der Waals surface area (Å²) in [5.74, 6) is -0.244. The van der Waals surface area contributed by atoms with E-state index in [1.54, 1.807) is 60.7 Å². The largest absolute Gasteiger partial charge is 0.348 e. The lowest BCUT2D eigenvalue weighted by molar-refractivity contribution is 0.0951. The molecule has 5 nitrogen and oxygen atoms in total. The fourth-order valence-electron chi connectivity index (χ4n) is 2.81. The van der Waals surface area contributed by atoms with Crippen molar-refractivity contribution in [1.82, 2.24) is 5.32 Å². The monoisotopic (exact) mass is 391 g/mol. The number of hydrogen-bond donors (Lipinski definition) is 2. The Morgan fingerprint density at radius 3 is 2.46 bits per heavy atom. The second-order valence-corrected chi connectivity index (χ2v) is 8.44. The third-order valence-corrected chi connectivity index (χ3v) is 5.42. The van der Waals surface area contributed by atoms with Crippen LogP contribution in [0.2, 0.25) is 0 Å². The predicted molar refractivity (Wildman–Crippen MR) is 109 cm³/mol. The van der Waals surface area contributed by atoms with E-state index in [1.807, 2.05) is 12.1 Å². The molecule has 3 aromatic rings. The molecule has 0 aliphatic heterocycles. The summed E-state index contributed by atoms with van der Waals surface area (Å²) >= 11 is 0. The summed E-state index contributed by atoms with van der Waals surface area (Å²) in [6.45, 7) is 0.332. The first-order valence-electron chi connectivity index (χ1n) is 8.57. The van der Waals surface area contributed by atoms with Crippen molar-refractivity contribution in [3.8, 4) is 17.2 Å². The fourth-order valence-corrected chi connectivity index (χ4v) is 3.48. The van der Waals surface area contributed by atoms with Crippen LogP contribution in [-0.4, -0.2) is 16.7 Å². The summed E-state index contributed by atoms with van der Waals surface area (Å²) in [6, 6.07) is 22.9. The van der Waals surface area contributed by atoms with Crippen molar-refractivity contribution in [2.45, 2.75) is 11.4 Å². The maximum atomic E-state index is 12.7. The standard InChI is InChI=1S/C22H18N2O3S/c1-28(26,27)19-6-4-5-18(13-19)20-7-2-3-8-21(20)22(25)24-15-17-11-9-16(14-23)10-12-17/h2-13H,15H2,1H3,(H-,24,25,26,27)/p+1. The quantitative estimate of drug-likeness (QED) is 0.640. The minimum atomic E-state index is -3.09. The number of nitrogens with one attached hydrogen (secondary N) is 1. The highest BCUT2D eigenvalue weighted by atomic mass is 32.3. The maximum absolute atomic E-state index is 12.7. The molecule has 6 heteroatoms. The zero-order valence-electron chi connectivity index (χ0n) is 15.3. The van der Waals surface area contributed by atoms with E-state index in [0.29, 0.717) is 33.7 Å². The predicted octanol–water partition coefficient (Wildman–Crippen LogP) is 4.12. The average molecular weight is 391 g/mol. The van der Waals surface area contributed by atoms with Gasteiger partial charge in [-0.3, -0.25) is 4.79 Å². The summed E-state index contributed by atoms with van der Waals surface area (Å²) in [5, 5.41) is 11.7. The molecular formula is C22H19N2O3S+. The van der Waals surface area contributed by atoms with Gasteiger partial charge in [0.05, 0.1) is 11.6 Å². The summed E-state index contributed by atoms with van der Waals surface area (Å²) in [7, 11) is -3.09. The molecule has 0 saturated heterocycles. The van der Waals surface area contributed by atoms with Crippen LogP contribution in [0.25, 0.3) is 11.1 Å². The van der Waals surface area contributed by atoms with E-state index in [-0.39, 0.29) is 5.91 Å². The third-order valence-electron chi connectivity index (χ3n) is 4.29. The molecule has 0 saturated carbocycles. The highest BCUT2D eigenvalue weighted by molar-refractivity contribution is 7.97. The second-order valence-electron chi connectivity index (χ2n) is 6.37. The third kappa shape index (κ3) is 4.52. The van der Waals surface area contributed by atoms with Gasteiger partial charge in [0.2, 0.25) is 10.2 Å². The molecule has 0 fully saturated rings. The van der Waals surface area contributed by atoms with E-state index in [9.17, 15) is 13.6 Å². The van der Waals surface area contributed by atoms with Crippen molar-refractivity contribution in [3.05, 3.63) is 89.5 Å². The Hall–Kier alpha value is -3.27. The molecule has 0 radical (unpaired) electrons. The van der Waals surface area contributed by atoms with E-state index in [2.05, 4.69) is 11.4 Å². The summed E-state index contributed by atoms with van der Waals surface area (Å²) < 4.78 is 21.8. The first-order valence-corrected chi connectivity index (χ1v) is 10.5. The highest BCUT2D eigenvalue weighted by Gasteiger charge is 2.22. The Kier molecular flexibility index (Phi) is 5.69. The number of carbonyl (C=O) groups excluding carboxylic acids is 1. The van der Waals surface area contributed by atoms with Gasteiger partial charge in [0.15, 0.2) is 4.90 Å². The molecule has 1 atom stereocenters. The SMILES string of the molecule is C[S+](=O)(O)c1cccc(-c2ccccc2C(=O)NCc2ccc(C#N)cc2)c1. The summed E-state index contributed by atoms with van der Waals surface area (Å²) in [6.07, 6.45) is 1.27. The average Bonchev–Trinajstić information content (AvgIpc) is 2.72. The first-order chi connectivity index (χ1) is 13.4. The normalized spacial score (nSPS) is 12.6. The van der Waals surface area contributed by atoms with Crippen molar-refractivity contribution in [2.24, 2.45) is 0 Å². The molecule has 0 aliphatic rings. The zero-order valence-corrected chi connectivity index (χ0v) is 16.1. The van der Waals surface area contributed by atoms with Crippen molar-refractivity contribution in [2.75, 3.05) is 6.26 Å². The molecular weight excluding hydrogens is 372 g/mol. The first kappa shape index (κ1) is 19.5. The molecule has 1 unspecified atom stereocenters. The molecule has 0 heterocycles. The number of hydrogen-bond acceptors (Lipinski definition) is 3. The van der Waals surface area contributed by atoms with Gasteiger partial charge < -0.3 is 5.32 Å². The number of benzene rings is 3. The fraction of sp³-hybridized carbons (Fsp3) is 0.0909. The van der Waals surface area contributed by atoms with Crippen molar-refractivity contribution < 1.29 is 13.6 Å². The van der Waals surface area contributed by atoms with Crippen LogP contribution in [-0.2, 0) is 21.0 Å². The Labute approximate surface area is 164 Å². The smallest absolute Gasteiger partial charge is 0.252 e. The molecule has 1 amide bonds. The van der Waals surface area contributed by atoms with Crippen LogP contribution in [0.15, 0.2) is 77.7 Å². The van der Waals surface area contributed by atoms with E-state index in [1.165, 1.54) is 6.26 Å². The summed E-state index contributed by atoms with van der Waals surface area (Å²) in [4.78, 5) is 13.1. The van der Waals surface area contributed by atoms with Gasteiger partial charge >= 0.3 is 0 Å². The lowest BCUT2D eigenvalue weighted by atomic mass is 9.99. The maximum Gasteiger partial charge on any atom is 0.252 e. The van der Waals surface area contributed by atoms with Crippen molar-refractivity contribution in [3.63, 3.8) is 0 Å². The van der Waals surface area contributed by atoms with Crippen LogP contribution >= 0.6 is 0 Å². The molecule has 28 heavy (non-hydrogen) atoms. The van der Waals surface area contributed by atoms with Crippen LogP contribution < -0.4 is 5.32 Å². The van der Waals surface area contributed by atoms with Gasteiger partial charge in [-0.25, -0.2) is 0 Å². The minimum absolute atomic E-state index is 0.244. The number of carbonyl (C=O) groups is 1. The lowest BCUT2D eigenvalue weighted by Crippen LogP contribution is -2.23. The molecule has 0 aliphatic carbocycles. The lowest BCUT2D eigenvalue weighted by Gasteiger charge is -2.11. The van der Waals surface area contributed by atoms with Gasteiger partial charge in [-0.2, -0.15) is 9.81 Å². The van der Waals surface area contributed by atoms with Gasteiger partial charge in [0, 0.05) is 18.2 Å². The van der Waals surface area contributed by atoms with Crippen LogP contribution in [0.3, 0.4) is 0 Å². The van der Waals surface area contributed by atoms with Gasteiger partial charge in [0.1, 0.15) is 6.26 Å². The number of nitrogens with zero attached hydrogens (tertiary/aromatic N) is 1. The van der Waals surface area contributed by atoms with Gasteiger partial charge in [-0.15, -0.1) is 0 Å². The molecule has 0 aromatic heterocycles. The number of nitriles is 1. The van der Waals surface area contributed by atoms with Crippen LogP contribution in [0.4, 0.5) is 0 Å². The number of amides is 1. The molecule has 3 rings (SSSR count). The highest BCUT2D eigenvalue weighted by Crippen LogP contribution is 2.27. The number of rotatable bonds is 5. The van der Waals surface area contributed by atoms with Crippen LogP contribution in [0.5, 0.6) is 0 Å².